The van der Waals surface area contributed by atoms with Gasteiger partial charge >= 0.3 is 11.9 Å². The number of benzene rings is 4. The number of rotatable bonds is 14. The quantitative estimate of drug-likeness (QED) is 0.124. The van der Waals surface area contributed by atoms with E-state index < -0.39 is 22.8 Å². The van der Waals surface area contributed by atoms with Crippen molar-refractivity contribution in [1.29, 1.82) is 0 Å². The average Bonchev–Trinajstić information content (AvgIpc) is 3.29. The number of anilines is 2. The summed E-state index contributed by atoms with van der Waals surface area (Å²) < 4.78 is 15.5. The van der Waals surface area contributed by atoms with Gasteiger partial charge in [-0.15, -0.1) is 0 Å². The number of hydrogen-bond acceptors (Lipinski definition) is 7. The first-order valence-electron chi connectivity index (χ1n) is 24.4. The number of hydrogen-bond donors (Lipinski definition) is 1. The van der Waals surface area contributed by atoms with Crippen LogP contribution in [-0.2, 0) is 38.0 Å². The number of esters is 1. The number of carboxylic acids is 1. The molecule has 2 aliphatic rings. The molecule has 12 heteroatoms. The molecule has 0 fully saturated rings. The van der Waals surface area contributed by atoms with Gasteiger partial charge in [-0.1, -0.05) is 131 Å². The number of allylic oxidation sites excluding steroid dienone is 2. The van der Waals surface area contributed by atoms with Crippen molar-refractivity contribution in [2.24, 2.45) is 22.7 Å². The third-order valence-electron chi connectivity index (χ3n) is 13.8. The van der Waals surface area contributed by atoms with Gasteiger partial charge in [0.1, 0.15) is 22.6 Å². The molecular formula is C59H74Cl2N2O8. The number of carboxylic acid groups (broad SMARTS) is 1. The Morgan fingerprint density at radius 1 is 0.620 bits per heavy atom. The van der Waals surface area contributed by atoms with Crippen LogP contribution in [0.1, 0.15) is 152 Å². The van der Waals surface area contributed by atoms with Crippen LogP contribution in [0.2, 0.25) is 10.0 Å². The van der Waals surface area contributed by atoms with E-state index in [1.54, 1.807) is 40.1 Å². The van der Waals surface area contributed by atoms with E-state index in [9.17, 15) is 24.3 Å². The van der Waals surface area contributed by atoms with Crippen LogP contribution in [-0.4, -0.2) is 50.2 Å². The number of nitrogens with zero attached hydrogens (tertiary/aromatic N) is 2. The first-order valence-corrected chi connectivity index (χ1v) is 25.2. The van der Waals surface area contributed by atoms with Crippen molar-refractivity contribution in [3.05, 3.63) is 140 Å². The Hall–Kier alpha value is -5.58. The molecule has 6 rings (SSSR count). The van der Waals surface area contributed by atoms with Crippen LogP contribution in [0.4, 0.5) is 11.4 Å². The molecule has 1 N–H and O–H groups in total. The topological polar surface area (TPSA) is 123 Å². The molecule has 10 nitrogen and oxygen atoms in total. The number of carbonyl (C=O) groups is 4. The van der Waals surface area contributed by atoms with Gasteiger partial charge in [0.05, 0.1) is 32.7 Å². The largest absolute Gasteiger partial charge is 0.496 e. The fourth-order valence-corrected chi connectivity index (χ4v) is 10.1. The molecule has 4 aromatic carbocycles. The maximum atomic E-state index is 13.5. The lowest BCUT2D eigenvalue weighted by molar-refractivity contribution is -0.120. The highest BCUT2D eigenvalue weighted by molar-refractivity contribution is 6.31. The molecule has 2 atom stereocenters. The van der Waals surface area contributed by atoms with Crippen LogP contribution in [0.5, 0.6) is 11.5 Å². The molecule has 0 aliphatic carbocycles. The van der Waals surface area contributed by atoms with Crippen molar-refractivity contribution in [2.45, 2.75) is 132 Å². The minimum atomic E-state index is -1.08. The SMILES string of the molecule is COC(=O)c1ccc(N2C=C(C(C)C)[C@](C)(c3ccc(CCC(C)(C)C)c(Cl)c3)CC2=O)cc1OC.COc1cc(N2C=C(C(C)C)[C@](C)(c3ccc(CCC(C)(C)C)c(Cl)c3)CC2=O)ccc1C(=O)O. The molecule has 382 valence electrons. The molecule has 0 radical (unpaired) electrons. The summed E-state index contributed by atoms with van der Waals surface area (Å²) in [7, 11) is 4.24. The maximum absolute atomic E-state index is 13.5. The van der Waals surface area contributed by atoms with Gasteiger partial charge in [0.15, 0.2) is 0 Å². The monoisotopic (exact) mass is 1010 g/mol. The van der Waals surface area contributed by atoms with E-state index in [0.29, 0.717) is 29.1 Å². The highest BCUT2D eigenvalue weighted by Crippen LogP contribution is 2.47. The van der Waals surface area contributed by atoms with Gasteiger partial charge in [0.25, 0.3) is 0 Å². The minimum absolute atomic E-state index is 0.0392. The summed E-state index contributed by atoms with van der Waals surface area (Å²) in [6, 6.07) is 22.3. The number of aryl methyl sites for hydroxylation is 2. The Bertz CT molecular complexity index is 2710. The Morgan fingerprint density at radius 2 is 1.00 bits per heavy atom. The lowest BCUT2D eigenvalue weighted by Gasteiger charge is -2.41. The van der Waals surface area contributed by atoms with E-state index in [2.05, 4.69) is 107 Å². The van der Waals surface area contributed by atoms with Gasteiger partial charge < -0.3 is 19.3 Å². The van der Waals surface area contributed by atoms with Crippen LogP contribution in [0.15, 0.2) is 96.3 Å². The smallest absolute Gasteiger partial charge is 0.341 e. The lowest BCUT2D eigenvalue weighted by Crippen LogP contribution is -2.42. The average molecular weight is 1010 g/mol. The van der Waals surface area contributed by atoms with E-state index in [1.807, 2.05) is 24.5 Å². The fraction of sp³-hybridized carbons (Fsp3) is 0.458. The molecule has 0 aromatic heterocycles. The van der Waals surface area contributed by atoms with Crippen molar-refractivity contribution < 1.29 is 38.5 Å². The molecule has 2 amide bonds. The predicted molar refractivity (Wildman–Crippen MR) is 287 cm³/mol. The third kappa shape index (κ3) is 13.1. The summed E-state index contributed by atoms with van der Waals surface area (Å²) in [5.74, 6) is -0.732. The zero-order valence-corrected chi connectivity index (χ0v) is 45.9. The summed E-state index contributed by atoms with van der Waals surface area (Å²) in [5, 5.41) is 10.9. The Morgan fingerprint density at radius 3 is 1.32 bits per heavy atom. The Labute approximate surface area is 432 Å². The molecule has 71 heavy (non-hydrogen) atoms. The van der Waals surface area contributed by atoms with Crippen molar-refractivity contribution in [2.75, 3.05) is 31.1 Å². The number of halogens is 2. The molecule has 0 unspecified atom stereocenters. The summed E-state index contributed by atoms with van der Waals surface area (Å²) in [5.41, 5.74) is 7.63. The van der Waals surface area contributed by atoms with Crippen molar-refractivity contribution in [3.63, 3.8) is 0 Å². The fourth-order valence-electron chi connectivity index (χ4n) is 9.55. The molecule has 0 saturated carbocycles. The number of ether oxygens (including phenoxy) is 3. The van der Waals surface area contributed by atoms with Crippen LogP contribution >= 0.6 is 23.2 Å². The molecular weight excluding hydrogens is 936 g/mol. The van der Waals surface area contributed by atoms with Crippen LogP contribution in [0, 0.1) is 22.7 Å². The predicted octanol–water partition coefficient (Wildman–Crippen LogP) is 14.6. The number of aromatic carboxylic acids is 1. The molecule has 4 aromatic rings. The molecule has 0 saturated heterocycles. The molecule has 2 heterocycles. The van der Waals surface area contributed by atoms with Crippen LogP contribution < -0.4 is 19.3 Å². The van der Waals surface area contributed by atoms with Gasteiger partial charge in [0, 0.05) is 58.2 Å². The second-order valence-corrected chi connectivity index (χ2v) is 23.1. The Kier molecular flexibility index (Phi) is 17.8. The Balaban J connectivity index is 0.000000264. The molecule has 2 aliphatic heterocycles. The van der Waals surface area contributed by atoms with Crippen molar-refractivity contribution >= 4 is 58.3 Å². The van der Waals surface area contributed by atoms with Gasteiger partial charge in [-0.3, -0.25) is 19.4 Å². The first kappa shape index (κ1) is 56.3. The van der Waals surface area contributed by atoms with E-state index >= 15 is 0 Å². The molecule has 0 bridgehead atoms. The summed E-state index contributed by atoms with van der Waals surface area (Å²) in [6.45, 7) is 26.1. The van der Waals surface area contributed by atoms with Gasteiger partial charge in [0.2, 0.25) is 11.8 Å². The lowest BCUT2D eigenvalue weighted by atomic mass is 9.68. The first-order chi connectivity index (χ1) is 33.1. The van der Waals surface area contributed by atoms with Gasteiger partial charge in [-0.05, 0) is 118 Å². The van der Waals surface area contributed by atoms with E-state index in [1.165, 1.54) is 27.4 Å². The molecule has 0 spiro atoms. The third-order valence-corrected chi connectivity index (χ3v) is 14.5. The highest BCUT2D eigenvalue weighted by Gasteiger charge is 2.43. The summed E-state index contributed by atoms with van der Waals surface area (Å²) in [6.07, 6.45) is 8.32. The maximum Gasteiger partial charge on any atom is 0.341 e. The van der Waals surface area contributed by atoms with Crippen LogP contribution in [0.3, 0.4) is 0 Å². The second kappa shape index (κ2) is 22.5. The normalized spacial score (nSPS) is 18.5. The zero-order valence-electron chi connectivity index (χ0n) is 44.4. The highest BCUT2D eigenvalue weighted by atomic mass is 35.5. The summed E-state index contributed by atoms with van der Waals surface area (Å²) in [4.78, 5) is 53.7. The van der Waals surface area contributed by atoms with Gasteiger partial charge in [-0.25, -0.2) is 9.59 Å². The van der Waals surface area contributed by atoms with Crippen molar-refractivity contribution in [3.8, 4) is 11.5 Å². The van der Waals surface area contributed by atoms with E-state index in [0.717, 1.165) is 69.1 Å². The second-order valence-electron chi connectivity index (χ2n) is 22.3. The number of methoxy groups -OCH3 is 3. The van der Waals surface area contributed by atoms with E-state index in [-0.39, 0.29) is 52.2 Å². The van der Waals surface area contributed by atoms with Crippen LogP contribution in [0.25, 0.3) is 0 Å². The van der Waals surface area contributed by atoms with Crippen molar-refractivity contribution in [1.82, 2.24) is 0 Å². The standard InChI is InChI=1S/C30H38ClNO4.C29H36ClNO4/c1-19(2)24-18-32(22-11-12-23(28(34)36-8)26(16-22)35-7)27(33)17-30(24,6)21-10-9-20(25(31)15-21)13-14-29(3,4)5;1-18(2)23-17-31(21-10-11-22(27(33)34)25(15-21)35-7)26(32)16-29(23,6)20-9-8-19(24(30)14-20)12-13-28(3,4)5/h9-12,15-16,18-19H,13-14,17H2,1-8H3;8-11,14-15,17-18H,12-13,16H2,1-7H3,(H,33,34)/t30-;29-/m00/s1. The summed E-state index contributed by atoms with van der Waals surface area (Å²) >= 11 is 13.5. The van der Waals surface area contributed by atoms with Gasteiger partial charge in [-0.2, -0.15) is 0 Å². The number of amides is 2. The minimum Gasteiger partial charge on any atom is -0.496 e. The number of carbonyl (C=O) groups excluding carboxylic acids is 3. The van der Waals surface area contributed by atoms with E-state index in [4.69, 9.17) is 37.4 Å². The zero-order chi connectivity index (χ0) is 53.0.